The number of nitrogens with two attached hydrogens (primary N) is 1. The minimum atomic E-state index is -0.412. The molecule has 1 aliphatic heterocycles. The smallest absolute Gasteiger partial charge is 0.346 e. The molecule has 2 fully saturated rings. The second-order valence-corrected chi connectivity index (χ2v) is 5.46. The minimum absolute atomic E-state index is 0.165. The van der Waals surface area contributed by atoms with Crippen LogP contribution in [-0.4, -0.2) is 33.0 Å². The number of rotatable bonds is 2. The van der Waals surface area contributed by atoms with Gasteiger partial charge in [-0.2, -0.15) is 0 Å². The van der Waals surface area contributed by atoms with Crippen LogP contribution >= 0.6 is 0 Å². The quantitative estimate of drug-likeness (QED) is 0.684. The van der Waals surface area contributed by atoms with Gasteiger partial charge in [0.15, 0.2) is 0 Å². The SMILES string of the molecule is Cn1nc(N2CC(N)(C3CC3)C2)c(=O)n(C)c1=O. The Bertz CT molecular complexity index is 607. The highest BCUT2D eigenvalue weighted by Gasteiger charge is 2.51. The maximum Gasteiger partial charge on any atom is 0.346 e. The number of aryl methyl sites for hydroxylation is 1. The lowest BCUT2D eigenvalue weighted by Gasteiger charge is -2.48. The van der Waals surface area contributed by atoms with Crippen molar-refractivity contribution >= 4 is 5.82 Å². The van der Waals surface area contributed by atoms with Gasteiger partial charge in [0.1, 0.15) is 0 Å². The summed E-state index contributed by atoms with van der Waals surface area (Å²) in [6.45, 7) is 1.30. The van der Waals surface area contributed by atoms with Crippen molar-refractivity contribution in [2.45, 2.75) is 18.4 Å². The highest BCUT2D eigenvalue weighted by atomic mass is 16.2. The van der Waals surface area contributed by atoms with Crippen molar-refractivity contribution < 1.29 is 0 Å². The second-order valence-electron chi connectivity index (χ2n) is 5.46. The summed E-state index contributed by atoms with van der Waals surface area (Å²) in [5.74, 6) is 0.909. The van der Waals surface area contributed by atoms with E-state index in [-0.39, 0.29) is 11.1 Å². The van der Waals surface area contributed by atoms with Crippen LogP contribution in [0.15, 0.2) is 9.59 Å². The third-order valence-electron chi connectivity index (χ3n) is 3.96. The Kier molecular flexibility index (Phi) is 2.19. The van der Waals surface area contributed by atoms with Crippen LogP contribution in [-0.2, 0) is 14.1 Å². The maximum absolute atomic E-state index is 12.0. The van der Waals surface area contributed by atoms with Crippen LogP contribution in [0.3, 0.4) is 0 Å². The first-order valence-electron chi connectivity index (χ1n) is 6.10. The van der Waals surface area contributed by atoms with Crippen LogP contribution in [0.5, 0.6) is 0 Å². The molecule has 1 aromatic heterocycles. The van der Waals surface area contributed by atoms with E-state index in [0.29, 0.717) is 24.8 Å². The molecule has 2 heterocycles. The van der Waals surface area contributed by atoms with Crippen molar-refractivity contribution in [2.24, 2.45) is 25.7 Å². The monoisotopic (exact) mass is 251 g/mol. The summed E-state index contributed by atoms with van der Waals surface area (Å²) in [6, 6.07) is 0. The van der Waals surface area contributed by atoms with E-state index in [9.17, 15) is 9.59 Å². The van der Waals surface area contributed by atoms with Gasteiger partial charge in [-0.3, -0.25) is 9.36 Å². The lowest BCUT2D eigenvalue weighted by molar-refractivity contribution is 0.286. The first-order chi connectivity index (χ1) is 8.42. The molecule has 0 atom stereocenters. The summed E-state index contributed by atoms with van der Waals surface area (Å²) in [5.41, 5.74) is 5.32. The fourth-order valence-electron chi connectivity index (χ4n) is 2.61. The molecule has 1 aliphatic carbocycles. The van der Waals surface area contributed by atoms with E-state index in [1.807, 2.05) is 4.90 Å². The van der Waals surface area contributed by atoms with Gasteiger partial charge >= 0.3 is 5.69 Å². The van der Waals surface area contributed by atoms with E-state index >= 15 is 0 Å². The minimum Gasteiger partial charge on any atom is -0.347 e. The van der Waals surface area contributed by atoms with Gasteiger partial charge in [0.25, 0.3) is 5.56 Å². The summed E-state index contributed by atoms with van der Waals surface area (Å²) >= 11 is 0. The van der Waals surface area contributed by atoms with Gasteiger partial charge < -0.3 is 10.6 Å². The molecule has 18 heavy (non-hydrogen) atoms. The lowest BCUT2D eigenvalue weighted by atomic mass is 9.86. The molecule has 0 unspecified atom stereocenters. The zero-order chi connectivity index (χ0) is 13.1. The topological polar surface area (TPSA) is 86.2 Å². The Hall–Kier alpha value is -1.63. The summed E-state index contributed by atoms with van der Waals surface area (Å²) in [6.07, 6.45) is 2.37. The van der Waals surface area contributed by atoms with Crippen LogP contribution in [0.1, 0.15) is 12.8 Å². The van der Waals surface area contributed by atoms with Gasteiger partial charge in [-0.25, -0.2) is 9.48 Å². The third-order valence-corrected chi connectivity index (χ3v) is 3.96. The molecule has 0 aromatic carbocycles. The number of aromatic nitrogens is 3. The highest BCUT2D eigenvalue weighted by molar-refractivity contribution is 5.43. The number of anilines is 1. The van der Waals surface area contributed by atoms with Crippen LogP contribution in [0.2, 0.25) is 0 Å². The predicted molar refractivity (Wildman–Crippen MR) is 66.6 cm³/mol. The van der Waals surface area contributed by atoms with Crippen LogP contribution < -0.4 is 21.9 Å². The van der Waals surface area contributed by atoms with Crippen molar-refractivity contribution in [3.63, 3.8) is 0 Å². The van der Waals surface area contributed by atoms with Crippen molar-refractivity contribution in [3.8, 4) is 0 Å². The Morgan fingerprint density at radius 2 is 1.89 bits per heavy atom. The van der Waals surface area contributed by atoms with Gasteiger partial charge in [-0.05, 0) is 18.8 Å². The predicted octanol–water partition coefficient (Wildman–Crippen LogP) is -1.59. The van der Waals surface area contributed by atoms with Crippen LogP contribution in [0.25, 0.3) is 0 Å². The molecule has 1 saturated carbocycles. The molecule has 7 nitrogen and oxygen atoms in total. The molecule has 2 N–H and O–H groups in total. The van der Waals surface area contributed by atoms with E-state index in [2.05, 4.69) is 5.10 Å². The molecule has 98 valence electrons. The first kappa shape index (κ1) is 11.5. The van der Waals surface area contributed by atoms with Gasteiger partial charge in [0.05, 0.1) is 5.54 Å². The molecule has 0 radical (unpaired) electrons. The standard InChI is InChI=1S/C11H17N5O2/c1-14-9(17)8(13-15(2)10(14)18)16-5-11(12,6-16)7-3-4-7/h7H,3-6,12H2,1-2H3. The Morgan fingerprint density at radius 1 is 1.28 bits per heavy atom. The Labute approximate surface area is 104 Å². The van der Waals surface area contributed by atoms with Gasteiger partial charge in [0, 0.05) is 27.2 Å². The normalized spacial score (nSPS) is 21.8. The van der Waals surface area contributed by atoms with Crippen molar-refractivity contribution in [1.29, 1.82) is 0 Å². The molecule has 0 amide bonds. The Morgan fingerprint density at radius 3 is 2.44 bits per heavy atom. The largest absolute Gasteiger partial charge is 0.347 e. The summed E-state index contributed by atoms with van der Waals surface area (Å²) in [4.78, 5) is 25.4. The van der Waals surface area contributed by atoms with E-state index in [4.69, 9.17) is 5.73 Å². The average Bonchev–Trinajstić information content (AvgIpc) is 3.11. The molecule has 1 aromatic rings. The fourth-order valence-corrected chi connectivity index (χ4v) is 2.61. The van der Waals surface area contributed by atoms with Crippen molar-refractivity contribution in [1.82, 2.24) is 14.3 Å². The maximum atomic E-state index is 12.0. The highest BCUT2D eigenvalue weighted by Crippen LogP contribution is 2.43. The summed E-state index contributed by atoms with van der Waals surface area (Å²) in [7, 11) is 3.01. The van der Waals surface area contributed by atoms with Gasteiger partial charge in [-0.15, -0.1) is 5.10 Å². The first-order valence-corrected chi connectivity index (χ1v) is 6.10. The molecule has 1 saturated heterocycles. The van der Waals surface area contributed by atoms with E-state index in [1.165, 1.54) is 24.6 Å². The van der Waals surface area contributed by atoms with Crippen molar-refractivity contribution in [2.75, 3.05) is 18.0 Å². The van der Waals surface area contributed by atoms with Gasteiger partial charge in [-0.1, -0.05) is 0 Å². The van der Waals surface area contributed by atoms with E-state index in [1.54, 1.807) is 7.05 Å². The summed E-state index contributed by atoms with van der Waals surface area (Å²) in [5, 5.41) is 4.04. The Balaban J connectivity index is 1.91. The third kappa shape index (κ3) is 1.50. The zero-order valence-corrected chi connectivity index (χ0v) is 10.6. The van der Waals surface area contributed by atoms with E-state index < -0.39 is 5.69 Å². The molecular weight excluding hydrogens is 234 g/mol. The molecule has 3 rings (SSSR count). The van der Waals surface area contributed by atoms with Gasteiger partial charge in [0.2, 0.25) is 5.82 Å². The number of hydrogen-bond acceptors (Lipinski definition) is 5. The average molecular weight is 251 g/mol. The van der Waals surface area contributed by atoms with Crippen LogP contribution in [0.4, 0.5) is 5.82 Å². The zero-order valence-electron chi connectivity index (χ0n) is 10.6. The van der Waals surface area contributed by atoms with E-state index in [0.717, 1.165) is 4.57 Å². The lowest BCUT2D eigenvalue weighted by Crippen LogP contribution is -2.70. The molecular formula is C11H17N5O2. The number of nitrogens with zero attached hydrogens (tertiary/aromatic N) is 4. The fraction of sp³-hybridized carbons (Fsp3) is 0.727. The summed E-state index contributed by atoms with van der Waals surface area (Å²) < 4.78 is 2.26. The number of hydrogen-bond donors (Lipinski definition) is 1. The molecule has 2 aliphatic rings. The second kappa shape index (κ2) is 3.44. The molecule has 7 heteroatoms. The molecule has 0 bridgehead atoms. The molecule has 0 spiro atoms. The van der Waals surface area contributed by atoms with Crippen molar-refractivity contribution in [3.05, 3.63) is 20.8 Å². The van der Waals surface area contributed by atoms with Crippen LogP contribution in [0, 0.1) is 5.92 Å².